The zero-order valence-corrected chi connectivity index (χ0v) is 25.8. The van der Waals surface area contributed by atoms with Gasteiger partial charge in [-0.3, -0.25) is 4.79 Å². The fourth-order valence-corrected chi connectivity index (χ4v) is 4.83. The summed E-state index contributed by atoms with van der Waals surface area (Å²) in [7, 11) is 0. The number of carbonyl (C=O) groups is 2. The number of hydrogen-bond acceptors (Lipinski definition) is 6. The first-order chi connectivity index (χ1) is 21.1. The van der Waals surface area contributed by atoms with Crippen LogP contribution in [0.1, 0.15) is 80.3 Å². The van der Waals surface area contributed by atoms with Gasteiger partial charge in [0.05, 0.1) is 25.4 Å². The van der Waals surface area contributed by atoms with E-state index in [1.54, 1.807) is 6.92 Å². The van der Waals surface area contributed by atoms with E-state index in [-0.39, 0.29) is 17.9 Å². The Morgan fingerprint density at radius 1 is 0.791 bits per heavy atom. The second kappa shape index (κ2) is 20.0. The van der Waals surface area contributed by atoms with Gasteiger partial charge in [0.25, 0.3) is 0 Å². The van der Waals surface area contributed by atoms with Crippen LogP contribution < -0.4 is 10.1 Å². The Bertz CT molecular complexity index is 1240. The predicted octanol–water partition coefficient (Wildman–Crippen LogP) is 8.52. The molecule has 1 unspecified atom stereocenters. The Labute approximate surface area is 257 Å². The number of para-hydroxylation sites is 2. The third-order valence-corrected chi connectivity index (χ3v) is 7.12. The van der Waals surface area contributed by atoms with E-state index >= 15 is 0 Å². The van der Waals surface area contributed by atoms with E-state index in [0.29, 0.717) is 31.8 Å². The molecule has 1 N–H and O–H groups in total. The highest BCUT2D eigenvalue weighted by Gasteiger charge is 2.11. The van der Waals surface area contributed by atoms with Gasteiger partial charge in [0.15, 0.2) is 0 Å². The lowest BCUT2D eigenvalue weighted by Gasteiger charge is -2.14. The third kappa shape index (κ3) is 13.2. The number of benzene rings is 3. The summed E-state index contributed by atoms with van der Waals surface area (Å²) in [5.41, 5.74) is 3.93. The van der Waals surface area contributed by atoms with E-state index in [1.807, 2.05) is 67.6 Å². The average Bonchev–Trinajstić information content (AvgIpc) is 3.03. The fourth-order valence-electron chi connectivity index (χ4n) is 4.83. The lowest BCUT2D eigenvalue weighted by molar-refractivity contribution is -0.143. The van der Waals surface area contributed by atoms with Crippen LogP contribution in [0.15, 0.2) is 84.9 Å². The standard InChI is InChI=1S/C37H47NO5/c1-3-41-36(39)20-12-9-15-30(29-31-22-25-33(26-23-31)37(40)42-4-2)21-24-32-16-10-11-19-35(32)43-28-14-6-13-27-38-34-17-7-5-8-18-34/h5,7-8,10-11,16-19,21-26,30,38H,3-4,6,9,12-15,20,27-29H2,1-2H3. The van der Waals surface area contributed by atoms with Gasteiger partial charge in [-0.1, -0.05) is 67.1 Å². The number of rotatable bonds is 20. The van der Waals surface area contributed by atoms with Gasteiger partial charge in [-0.15, -0.1) is 0 Å². The van der Waals surface area contributed by atoms with Gasteiger partial charge in [0, 0.05) is 24.2 Å². The van der Waals surface area contributed by atoms with E-state index in [4.69, 9.17) is 14.2 Å². The van der Waals surface area contributed by atoms with Crippen LogP contribution >= 0.6 is 0 Å². The van der Waals surface area contributed by atoms with Crippen LogP contribution in [0.5, 0.6) is 5.75 Å². The number of unbranched alkanes of at least 4 members (excludes halogenated alkanes) is 3. The average molecular weight is 586 g/mol. The van der Waals surface area contributed by atoms with Crippen LogP contribution in [0.25, 0.3) is 6.08 Å². The first-order valence-electron chi connectivity index (χ1n) is 15.7. The highest BCUT2D eigenvalue weighted by molar-refractivity contribution is 5.89. The number of anilines is 1. The number of ether oxygens (including phenoxy) is 3. The topological polar surface area (TPSA) is 73.9 Å². The molecule has 0 amide bonds. The molecule has 0 saturated carbocycles. The van der Waals surface area contributed by atoms with E-state index in [2.05, 4.69) is 35.7 Å². The maximum absolute atomic E-state index is 12.1. The van der Waals surface area contributed by atoms with E-state index in [0.717, 1.165) is 74.1 Å². The molecule has 0 spiro atoms. The Morgan fingerprint density at radius 3 is 2.30 bits per heavy atom. The molecule has 0 aromatic heterocycles. The van der Waals surface area contributed by atoms with E-state index in [1.165, 1.54) is 0 Å². The van der Waals surface area contributed by atoms with Gasteiger partial charge >= 0.3 is 11.9 Å². The largest absolute Gasteiger partial charge is 0.493 e. The van der Waals surface area contributed by atoms with Crippen molar-refractivity contribution in [1.82, 2.24) is 0 Å². The van der Waals surface area contributed by atoms with Crippen molar-refractivity contribution in [3.63, 3.8) is 0 Å². The number of esters is 2. The van der Waals surface area contributed by atoms with Crippen molar-refractivity contribution in [2.45, 2.75) is 65.2 Å². The zero-order chi connectivity index (χ0) is 30.5. The molecule has 230 valence electrons. The Kier molecular flexibility index (Phi) is 15.5. The van der Waals surface area contributed by atoms with Crippen LogP contribution in [-0.4, -0.2) is 38.3 Å². The molecule has 6 heteroatoms. The molecule has 0 aliphatic rings. The lowest BCUT2D eigenvalue weighted by Crippen LogP contribution is -2.07. The first-order valence-corrected chi connectivity index (χ1v) is 15.7. The minimum absolute atomic E-state index is 0.136. The number of allylic oxidation sites excluding steroid dienone is 1. The van der Waals surface area contributed by atoms with E-state index < -0.39 is 0 Å². The van der Waals surface area contributed by atoms with Gasteiger partial charge in [-0.05, 0) is 94.2 Å². The molecule has 0 radical (unpaired) electrons. The predicted molar refractivity (Wildman–Crippen MR) is 174 cm³/mol. The van der Waals surface area contributed by atoms with Crippen LogP contribution in [0.3, 0.4) is 0 Å². The minimum Gasteiger partial charge on any atom is -0.493 e. The molecular weight excluding hydrogens is 538 g/mol. The summed E-state index contributed by atoms with van der Waals surface area (Å²) in [5.74, 6) is 0.717. The van der Waals surface area contributed by atoms with Crippen LogP contribution in [0, 0.1) is 5.92 Å². The molecule has 3 aromatic rings. The lowest BCUT2D eigenvalue weighted by atomic mass is 9.92. The van der Waals surface area contributed by atoms with Crippen LogP contribution in [-0.2, 0) is 20.7 Å². The van der Waals surface area contributed by atoms with Crippen molar-refractivity contribution in [1.29, 1.82) is 0 Å². The molecule has 0 bridgehead atoms. The molecule has 0 fully saturated rings. The smallest absolute Gasteiger partial charge is 0.338 e. The first kappa shape index (κ1) is 33.4. The maximum Gasteiger partial charge on any atom is 0.338 e. The monoisotopic (exact) mass is 585 g/mol. The van der Waals surface area contributed by atoms with Gasteiger partial charge < -0.3 is 19.5 Å². The molecule has 3 aromatic carbocycles. The van der Waals surface area contributed by atoms with Gasteiger partial charge in [0.2, 0.25) is 0 Å². The molecule has 6 nitrogen and oxygen atoms in total. The SMILES string of the molecule is CCOC(=O)CCCCC(C=Cc1ccccc1OCCCCCNc1ccccc1)Cc1ccc(C(=O)OCC)cc1. The number of nitrogens with one attached hydrogen (secondary N) is 1. The maximum atomic E-state index is 12.1. The zero-order valence-electron chi connectivity index (χ0n) is 25.8. The summed E-state index contributed by atoms with van der Waals surface area (Å²) in [6, 6.07) is 26.1. The Balaban J connectivity index is 1.54. The van der Waals surface area contributed by atoms with Crippen molar-refractivity contribution < 1.29 is 23.8 Å². The number of carbonyl (C=O) groups excluding carboxylic acids is 2. The molecule has 1 atom stereocenters. The molecule has 0 aliphatic heterocycles. The van der Waals surface area contributed by atoms with Crippen LogP contribution in [0.4, 0.5) is 5.69 Å². The van der Waals surface area contributed by atoms with Crippen molar-refractivity contribution in [3.05, 3.63) is 102 Å². The highest BCUT2D eigenvalue weighted by Crippen LogP contribution is 2.24. The molecule has 3 rings (SSSR count). The summed E-state index contributed by atoms with van der Waals surface area (Å²) in [5, 5.41) is 3.46. The Morgan fingerprint density at radius 2 is 1.53 bits per heavy atom. The Hall–Kier alpha value is -4.06. The molecule has 0 heterocycles. The minimum atomic E-state index is -0.301. The fraction of sp³-hybridized carbons (Fsp3) is 0.405. The second-order valence-corrected chi connectivity index (χ2v) is 10.5. The number of hydrogen-bond donors (Lipinski definition) is 1. The summed E-state index contributed by atoms with van der Waals surface area (Å²) >= 11 is 0. The molecule has 0 aliphatic carbocycles. The second-order valence-electron chi connectivity index (χ2n) is 10.5. The summed E-state index contributed by atoms with van der Waals surface area (Å²) in [6.45, 7) is 6.05. The van der Waals surface area contributed by atoms with Crippen molar-refractivity contribution in [3.8, 4) is 5.75 Å². The molecule has 43 heavy (non-hydrogen) atoms. The summed E-state index contributed by atoms with van der Waals surface area (Å²) < 4.78 is 16.4. The van der Waals surface area contributed by atoms with E-state index in [9.17, 15) is 9.59 Å². The van der Waals surface area contributed by atoms with Gasteiger partial charge in [0.1, 0.15) is 5.75 Å². The quantitative estimate of drug-likeness (QED) is 0.106. The van der Waals surface area contributed by atoms with Crippen molar-refractivity contribution in [2.75, 3.05) is 31.7 Å². The normalized spacial score (nSPS) is 11.7. The molecule has 0 saturated heterocycles. The van der Waals surface area contributed by atoms with Crippen molar-refractivity contribution in [2.24, 2.45) is 5.92 Å². The highest BCUT2D eigenvalue weighted by atomic mass is 16.5. The summed E-state index contributed by atoms with van der Waals surface area (Å²) in [6.07, 6.45) is 11.5. The molecular formula is C37H47NO5. The van der Waals surface area contributed by atoms with Gasteiger partial charge in [-0.25, -0.2) is 4.79 Å². The van der Waals surface area contributed by atoms with Crippen molar-refractivity contribution >= 4 is 23.7 Å². The summed E-state index contributed by atoms with van der Waals surface area (Å²) in [4.78, 5) is 23.8. The third-order valence-electron chi connectivity index (χ3n) is 7.12. The van der Waals surface area contributed by atoms with Gasteiger partial charge in [-0.2, -0.15) is 0 Å². The van der Waals surface area contributed by atoms with Crippen LogP contribution in [0.2, 0.25) is 0 Å².